The van der Waals surface area contributed by atoms with Crippen molar-refractivity contribution in [2.24, 2.45) is 0 Å². The number of aliphatic carboxylic acids is 2. The van der Waals surface area contributed by atoms with Crippen molar-refractivity contribution in [2.45, 2.75) is 19.8 Å². The van der Waals surface area contributed by atoms with Crippen LogP contribution in [-0.4, -0.2) is 45.6 Å². The van der Waals surface area contributed by atoms with Crippen LogP contribution in [0.1, 0.15) is 19.8 Å². The van der Waals surface area contributed by atoms with Crippen molar-refractivity contribution in [3.63, 3.8) is 0 Å². The molecule has 0 fully saturated rings. The predicted octanol–water partition coefficient (Wildman–Crippen LogP) is 0.409. The summed E-state index contributed by atoms with van der Waals surface area (Å²) in [6.07, 6.45) is 2.05. The molecule has 0 aliphatic carbocycles. The molecule has 0 aromatic heterocycles. The van der Waals surface area contributed by atoms with Gasteiger partial charge < -0.3 is 20.4 Å². The standard InChI is InChI=1S/C6H10O3.C5H8O3/c1-5(6(8)9)3-2-4-7;1-4(2-3-6)5(7)8/h3,7H,2,4H2,1H3,(H,8,9);6H,1-3H2,(H,7,8). The maximum absolute atomic E-state index is 10.1. The average Bonchev–Trinajstić information content (AvgIpc) is 2.26. The Balaban J connectivity index is 0. The number of carboxylic acids is 2. The second kappa shape index (κ2) is 10.8. The maximum Gasteiger partial charge on any atom is 0.331 e. The van der Waals surface area contributed by atoms with Gasteiger partial charge in [0.1, 0.15) is 0 Å². The van der Waals surface area contributed by atoms with Gasteiger partial charge in [-0.1, -0.05) is 12.7 Å². The van der Waals surface area contributed by atoms with Crippen LogP contribution >= 0.6 is 0 Å². The van der Waals surface area contributed by atoms with E-state index in [-0.39, 0.29) is 30.8 Å². The Morgan fingerprint density at radius 2 is 1.65 bits per heavy atom. The fourth-order valence-corrected chi connectivity index (χ4v) is 0.610. The molecule has 4 N–H and O–H groups in total. The molecule has 0 aliphatic heterocycles. The summed E-state index contributed by atoms with van der Waals surface area (Å²) in [7, 11) is 0. The Morgan fingerprint density at radius 1 is 1.12 bits per heavy atom. The number of carbonyl (C=O) groups is 2. The zero-order valence-electron chi connectivity index (χ0n) is 9.72. The molecule has 0 aliphatic rings. The largest absolute Gasteiger partial charge is 0.478 e. The smallest absolute Gasteiger partial charge is 0.331 e. The summed E-state index contributed by atoms with van der Waals surface area (Å²) in [6, 6.07) is 0. The molecule has 0 spiro atoms. The second-order valence-electron chi connectivity index (χ2n) is 3.09. The van der Waals surface area contributed by atoms with Crippen molar-refractivity contribution >= 4 is 11.9 Å². The van der Waals surface area contributed by atoms with E-state index >= 15 is 0 Å². The molecule has 0 saturated carbocycles. The van der Waals surface area contributed by atoms with Gasteiger partial charge in [-0.05, 0) is 13.3 Å². The van der Waals surface area contributed by atoms with Crippen LogP contribution in [0.4, 0.5) is 0 Å². The van der Waals surface area contributed by atoms with Gasteiger partial charge >= 0.3 is 11.9 Å². The van der Waals surface area contributed by atoms with Crippen molar-refractivity contribution in [1.82, 2.24) is 0 Å². The van der Waals surface area contributed by atoms with Gasteiger partial charge in [0.05, 0.1) is 0 Å². The lowest BCUT2D eigenvalue weighted by Gasteiger charge is -1.91. The van der Waals surface area contributed by atoms with E-state index < -0.39 is 11.9 Å². The van der Waals surface area contributed by atoms with Crippen LogP contribution in [0.2, 0.25) is 0 Å². The molecule has 0 amide bonds. The molecule has 6 heteroatoms. The van der Waals surface area contributed by atoms with Crippen molar-refractivity contribution in [3.8, 4) is 0 Å². The van der Waals surface area contributed by atoms with Crippen LogP contribution in [0.25, 0.3) is 0 Å². The number of hydrogen-bond donors (Lipinski definition) is 4. The fraction of sp³-hybridized carbons (Fsp3) is 0.455. The predicted molar refractivity (Wildman–Crippen MR) is 61.6 cm³/mol. The van der Waals surface area contributed by atoms with Gasteiger partial charge in [-0.25, -0.2) is 9.59 Å². The number of carboxylic acid groups (broad SMARTS) is 2. The molecule has 0 unspecified atom stereocenters. The molecule has 17 heavy (non-hydrogen) atoms. The van der Waals surface area contributed by atoms with E-state index in [2.05, 4.69) is 6.58 Å². The molecule has 6 nitrogen and oxygen atoms in total. The van der Waals surface area contributed by atoms with Gasteiger partial charge in [0, 0.05) is 30.8 Å². The van der Waals surface area contributed by atoms with E-state index in [0.29, 0.717) is 6.42 Å². The third-order valence-corrected chi connectivity index (χ3v) is 1.63. The minimum atomic E-state index is -1.04. The zero-order chi connectivity index (χ0) is 13.8. The third kappa shape index (κ3) is 12.3. The topological polar surface area (TPSA) is 115 Å². The summed E-state index contributed by atoms with van der Waals surface area (Å²) >= 11 is 0. The summed E-state index contributed by atoms with van der Waals surface area (Å²) in [5.74, 6) is -1.97. The lowest BCUT2D eigenvalue weighted by atomic mass is 10.2. The summed E-state index contributed by atoms with van der Waals surface area (Å²) in [5.41, 5.74) is 0.330. The van der Waals surface area contributed by atoms with Gasteiger partial charge in [-0.3, -0.25) is 0 Å². The van der Waals surface area contributed by atoms with Crippen molar-refractivity contribution in [2.75, 3.05) is 13.2 Å². The minimum Gasteiger partial charge on any atom is -0.478 e. The Morgan fingerprint density at radius 3 is 1.88 bits per heavy atom. The minimum absolute atomic E-state index is 0.00458. The summed E-state index contributed by atoms with van der Waals surface area (Å²) < 4.78 is 0. The molecule has 0 aromatic rings. The molecule has 0 radical (unpaired) electrons. The highest BCUT2D eigenvalue weighted by atomic mass is 16.4. The van der Waals surface area contributed by atoms with E-state index in [9.17, 15) is 9.59 Å². The highest BCUT2D eigenvalue weighted by molar-refractivity contribution is 5.86. The van der Waals surface area contributed by atoms with Crippen molar-refractivity contribution in [1.29, 1.82) is 0 Å². The highest BCUT2D eigenvalue weighted by Gasteiger charge is 2.00. The Hall–Kier alpha value is -1.66. The van der Waals surface area contributed by atoms with Crippen molar-refractivity contribution in [3.05, 3.63) is 23.8 Å². The first-order valence-electron chi connectivity index (χ1n) is 4.89. The SMILES string of the molecule is C=C(CCO)C(=O)O.CC(=CCCO)C(=O)O. The number of rotatable bonds is 6. The summed E-state index contributed by atoms with van der Waals surface area (Å²) in [5, 5.41) is 32.8. The van der Waals surface area contributed by atoms with Gasteiger partial charge in [0.25, 0.3) is 0 Å². The van der Waals surface area contributed by atoms with E-state index in [0.717, 1.165) is 0 Å². The zero-order valence-corrected chi connectivity index (χ0v) is 9.72. The van der Waals surface area contributed by atoms with Crippen LogP contribution in [0.5, 0.6) is 0 Å². The van der Waals surface area contributed by atoms with E-state index in [1.54, 1.807) is 0 Å². The third-order valence-electron chi connectivity index (χ3n) is 1.63. The Labute approximate surface area is 99.5 Å². The Kier molecular flexibility index (Phi) is 11.3. The first kappa shape index (κ1) is 17.7. The normalized spacial score (nSPS) is 10.2. The molecule has 0 atom stereocenters. The lowest BCUT2D eigenvalue weighted by molar-refractivity contribution is -0.133. The molecular formula is C11H18O6. The molecule has 0 saturated heterocycles. The van der Waals surface area contributed by atoms with Crippen LogP contribution < -0.4 is 0 Å². The van der Waals surface area contributed by atoms with Gasteiger partial charge in [-0.15, -0.1) is 0 Å². The van der Waals surface area contributed by atoms with Crippen LogP contribution in [0.3, 0.4) is 0 Å². The monoisotopic (exact) mass is 246 g/mol. The molecule has 98 valence electrons. The first-order valence-corrected chi connectivity index (χ1v) is 4.89. The van der Waals surface area contributed by atoms with Crippen molar-refractivity contribution < 1.29 is 30.0 Å². The van der Waals surface area contributed by atoms with E-state index in [1.165, 1.54) is 13.0 Å². The second-order valence-corrected chi connectivity index (χ2v) is 3.09. The number of hydrogen-bond acceptors (Lipinski definition) is 4. The van der Waals surface area contributed by atoms with E-state index in [1.807, 2.05) is 0 Å². The molecule has 0 rings (SSSR count). The molecule has 0 aromatic carbocycles. The lowest BCUT2D eigenvalue weighted by Crippen LogP contribution is -2.00. The van der Waals surface area contributed by atoms with E-state index in [4.69, 9.17) is 20.4 Å². The average molecular weight is 246 g/mol. The van der Waals surface area contributed by atoms with Gasteiger partial charge in [0.15, 0.2) is 0 Å². The maximum atomic E-state index is 10.1. The quantitative estimate of drug-likeness (QED) is 0.504. The molecule has 0 bridgehead atoms. The number of aliphatic hydroxyl groups excluding tert-OH is 2. The Bertz CT molecular complexity index is 292. The molecular weight excluding hydrogens is 228 g/mol. The van der Waals surface area contributed by atoms with Crippen LogP contribution in [-0.2, 0) is 9.59 Å². The van der Waals surface area contributed by atoms with Crippen LogP contribution in [0.15, 0.2) is 23.8 Å². The fourth-order valence-electron chi connectivity index (χ4n) is 0.610. The van der Waals surface area contributed by atoms with Gasteiger partial charge in [-0.2, -0.15) is 0 Å². The molecule has 0 heterocycles. The summed E-state index contributed by atoms with van der Waals surface area (Å²) in [6.45, 7) is 4.54. The first-order chi connectivity index (χ1) is 7.86. The van der Waals surface area contributed by atoms with Gasteiger partial charge in [0.2, 0.25) is 0 Å². The number of aliphatic hydroxyl groups is 2. The highest BCUT2D eigenvalue weighted by Crippen LogP contribution is 1.94. The van der Waals surface area contributed by atoms with Crippen LogP contribution in [0, 0.1) is 0 Å². The summed E-state index contributed by atoms with van der Waals surface area (Å²) in [4.78, 5) is 19.9.